The highest BCUT2D eigenvalue weighted by molar-refractivity contribution is 5.96. The normalized spacial score (nSPS) is 22.1. The second-order valence-electron chi connectivity index (χ2n) is 10.4. The Bertz CT molecular complexity index is 1300. The number of hydrogen-bond acceptors (Lipinski definition) is 7. The summed E-state index contributed by atoms with van der Waals surface area (Å²) in [5, 5.41) is 6.20. The van der Waals surface area contributed by atoms with Crippen molar-refractivity contribution in [1.82, 2.24) is 15.3 Å². The van der Waals surface area contributed by atoms with Gasteiger partial charge in [0.05, 0.1) is 18.9 Å². The number of halogens is 1. The number of nitrogen functional groups attached to an aromatic ring is 1. The number of anilines is 3. The number of benzene rings is 2. The van der Waals surface area contributed by atoms with Crippen LogP contribution in [0.2, 0.25) is 0 Å². The van der Waals surface area contributed by atoms with Gasteiger partial charge in [0.1, 0.15) is 11.4 Å². The number of nitrogens with zero attached hydrogens (tertiary/aromatic N) is 2. The summed E-state index contributed by atoms with van der Waals surface area (Å²) in [6.45, 7) is 3.60. The molecule has 1 aliphatic carbocycles. The number of amides is 1. The maximum atomic E-state index is 14.3. The summed E-state index contributed by atoms with van der Waals surface area (Å²) >= 11 is 0. The molecular formula is C29H34FN5O3. The third-order valence-electron chi connectivity index (χ3n) is 7.08. The molecule has 2 aromatic carbocycles. The Labute approximate surface area is 222 Å². The Morgan fingerprint density at radius 1 is 1.21 bits per heavy atom. The molecule has 0 saturated heterocycles. The van der Waals surface area contributed by atoms with Gasteiger partial charge in [0.15, 0.2) is 0 Å². The zero-order chi connectivity index (χ0) is 26.5. The van der Waals surface area contributed by atoms with Crippen LogP contribution >= 0.6 is 0 Å². The topological polar surface area (TPSA) is 111 Å². The standard InChI is InChI=1S/C29H34FN5O3/c1-29(30)10-8-19(16-29)17-38-26-7-5-22-14-21(26)18-37-13-3-2-11-32-27(36)20-4-6-23(24(31)15-20)25-9-12-33-28(34-22)35-25/h4-7,9,12,14-15,19H,2-3,8,10-11,13,16-18,31H2,1H3,(H,32,36)(H,33,34,35). The number of hydrogen-bond donors (Lipinski definition) is 3. The van der Waals surface area contributed by atoms with Crippen molar-refractivity contribution in [2.75, 3.05) is 30.8 Å². The molecule has 6 rings (SSSR count). The second kappa shape index (κ2) is 11.3. The monoisotopic (exact) mass is 519 g/mol. The van der Waals surface area contributed by atoms with E-state index in [9.17, 15) is 9.18 Å². The smallest absolute Gasteiger partial charge is 0.251 e. The van der Waals surface area contributed by atoms with E-state index < -0.39 is 5.67 Å². The molecule has 38 heavy (non-hydrogen) atoms. The molecule has 2 atom stereocenters. The van der Waals surface area contributed by atoms with E-state index in [0.717, 1.165) is 41.8 Å². The molecule has 0 spiro atoms. The first-order valence-corrected chi connectivity index (χ1v) is 13.2. The molecule has 3 heterocycles. The van der Waals surface area contributed by atoms with Gasteiger partial charge in [0.25, 0.3) is 5.91 Å². The molecule has 3 aliphatic rings. The third kappa shape index (κ3) is 6.39. The van der Waals surface area contributed by atoms with Gasteiger partial charge in [-0.3, -0.25) is 4.79 Å². The van der Waals surface area contributed by atoms with E-state index in [2.05, 4.69) is 20.6 Å². The van der Waals surface area contributed by atoms with Crippen molar-refractivity contribution < 1.29 is 18.7 Å². The van der Waals surface area contributed by atoms with Crippen LogP contribution < -0.4 is 21.1 Å². The molecule has 1 amide bonds. The number of ether oxygens (including phenoxy) is 2. The van der Waals surface area contributed by atoms with Crippen molar-refractivity contribution >= 4 is 23.2 Å². The largest absolute Gasteiger partial charge is 0.493 e. The van der Waals surface area contributed by atoms with Gasteiger partial charge >= 0.3 is 0 Å². The summed E-state index contributed by atoms with van der Waals surface area (Å²) in [5.41, 5.74) is 9.20. The first kappa shape index (κ1) is 25.9. The summed E-state index contributed by atoms with van der Waals surface area (Å²) in [7, 11) is 0. The average Bonchev–Trinajstić information content (AvgIpc) is 3.25. The van der Waals surface area contributed by atoms with Crippen molar-refractivity contribution in [1.29, 1.82) is 0 Å². The number of carbonyl (C=O) groups is 1. The van der Waals surface area contributed by atoms with Gasteiger partial charge in [-0.25, -0.2) is 14.4 Å². The molecule has 200 valence electrons. The van der Waals surface area contributed by atoms with Crippen molar-refractivity contribution in [3.05, 3.63) is 59.8 Å². The number of aromatic nitrogens is 2. The number of alkyl halides is 1. The van der Waals surface area contributed by atoms with E-state index >= 15 is 0 Å². The van der Waals surface area contributed by atoms with Crippen LogP contribution in [-0.2, 0) is 11.3 Å². The maximum absolute atomic E-state index is 14.3. The van der Waals surface area contributed by atoms with Crippen LogP contribution in [0.4, 0.5) is 21.7 Å². The lowest BCUT2D eigenvalue weighted by Gasteiger charge is -2.17. The molecular weight excluding hydrogens is 485 g/mol. The molecule has 0 radical (unpaired) electrons. The fourth-order valence-corrected chi connectivity index (χ4v) is 5.02. The summed E-state index contributed by atoms with van der Waals surface area (Å²) in [4.78, 5) is 21.6. The molecule has 1 fully saturated rings. The minimum atomic E-state index is -1.10. The molecule has 1 aromatic heterocycles. The number of nitrogens with one attached hydrogen (secondary N) is 2. The average molecular weight is 520 g/mol. The van der Waals surface area contributed by atoms with E-state index in [4.69, 9.17) is 15.2 Å². The van der Waals surface area contributed by atoms with Gasteiger partial charge in [-0.15, -0.1) is 0 Å². The summed E-state index contributed by atoms with van der Waals surface area (Å²) < 4.78 is 26.4. The highest BCUT2D eigenvalue weighted by atomic mass is 19.1. The SMILES string of the molecule is CC1(F)CCC(COc2ccc3cc2COCCCCNC(=O)c2ccc(c(N)c2)-c2ccnc(n2)N3)C1. The molecule has 2 aliphatic heterocycles. The zero-order valence-corrected chi connectivity index (χ0v) is 21.6. The fraction of sp³-hybridized carbons (Fsp3) is 0.414. The summed E-state index contributed by atoms with van der Waals surface area (Å²) in [6, 6.07) is 12.8. The third-order valence-corrected chi connectivity index (χ3v) is 7.08. The minimum absolute atomic E-state index is 0.166. The van der Waals surface area contributed by atoms with Gasteiger partial charge < -0.3 is 25.8 Å². The van der Waals surface area contributed by atoms with E-state index in [-0.39, 0.29) is 11.8 Å². The van der Waals surface area contributed by atoms with Crippen LogP contribution in [0.1, 0.15) is 54.9 Å². The van der Waals surface area contributed by atoms with Crippen molar-refractivity contribution in [3.63, 3.8) is 0 Å². The quantitative estimate of drug-likeness (QED) is 0.396. The molecule has 8 nitrogen and oxygen atoms in total. The van der Waals surface area contributed by atoms with E-state index in [0.29, 0.717) is 62.1 Å². The predicted octanol–water partition coefficient (Wildman–Crippen LogP) is 5.42. The molecule has 2 unspecified atom stereocenters. The van der Waals surface area contributed by atoms with Crippen LogP contribution in [0.5, 0.6) is 5.75 Å². The van der Waals surface area contributed by atoms with Gasteiger partial charge in [-0.2, -0.15) is 0 Å². The lowest BCUT2D eigenvalue weighted by molar-refractivity contribution is 0.0945. The summed E-state index contributed by atoms with van der Waals surface area (Å²) in [6.07, 6.45) is 5.18. The Morgan fingerprint density at radius 2 is 2.11 bits per heavy atom. The Balaban J connectivity index is 1.39. The van der Waals surface area contributed by atoms with Crippen LogP contribution in [0, 0.1) is 5.92 Å². The highest BCUT2D eigenvalue weighted by Crippen LogP contribution is 2.38. The van der Waals surface area contributed by atoms with Crippen molar-refractivity contribution in [2.24, 2.45) is 5.92 Å². The number of rotatable bonds is 3. The molecule has 6 bridgehead atoms. The first-order valence-electron chi connectivity index (χ1n) is 13.2. The number of fused-ring (bicyclic) bond motifs is 9. The number of carbonyl (C=O) groups excluding carboxylic acids is 1. The van der Waals surface area contributed by atoms with Gasteiger partial charge in [0, 0.05) is 47.4 Å². The maximum Gasteiger partial charge on any atom is 0.251 e. The molecule has 4 N–H and O–H groups in total. The van der Waals surface area contributed by atoms with Crippen molar-refractivity contribution in [3.8, 4) is 17.0 Å². The predicted molar refractivity (Wildman–Crippen MR) is 145 cm³/mol. The molecule has 3 aromatic rings. The first-order chi connectivity index (χ1) is 18.4. The van der Waals surface area contributed by atoms with Crippen LogP contribution in [0.25, 0.3) is 11.3 Å². The second-order valence-corrected chi connectivity index (χ2v) is 10.4. The van der Waals surface area contributed by atoms with Gasteiger partial charge in [-0.1, -0.05) is 0 Å². The molecule has 9 heteroatoms. The lowest BCUT2D eigenvalue weighted by Crippen LogP contribution is -2.24. The van der Waals surface area contributed by atoms with Gasteiger partial charge in [-0.05, 0) is 87.4 Å². The lowest BCUT2D eigenvalue weighted by atomic mass is 10.1. The minimum Gasteiger partial charge on any atom is -0.493 e. The van der Waals surface area contributed by atoms with Crippen LogP contribution in [-0.4, -0.2) is 41.3 Å². The zero-order valence-electron chi connectivity index (χ0n) is 21.6. The summed E-state index contributed by atoms with van der Waals surface area (Å²) in [5.74, 6) is 1.17. The fourth-order valence-electron chi connectivity index (χ4n) is 5.02. The highest BCUT2D eigenvalue weighted by Gasteiger charge is 2.35. The Kier molecular flexibility index (Phi) is 7.74. The van der Waals surface area contributed by atoms with E-state index in [1.54, 1.807) is 37.4 Å². The Morgan fingerprint density at radius 3 is 2.92 bits per heavy atom. The van der Waals surface area contributed by atoms with E-state index in [1.165, 1.54) is 0 Å². The molecule has 1 saturated carbocycles. The Hall–Kier alpha value is -3.72. The number of nitrogens with two attached hydrogens (primary N) is 1. The van der Waals surface area contributed by atoms with Crippen LogP contribution in [0.3, 0.4) is 0 Å². The van der Waals surface area contributed by atoms with Crippen molar-refractivity contribution in [2.45, 2.75) is 51.3 Å². The van der Waals surface area contributed by atoms with Gasteiger partial charge in [0.2, 0.25) is 5.95 Å². The van der Waals surface area contributed by atoms with E-state index in [1.807, 2.05) is 18.2 Å². The van der Waals surface area contributed by atoms with Crippen LogP contribution in [0.15, 0.2) is 48.7 Å².